The number of Topliss-reactive ketones (excluding diaryl/α,β-unsaturated/α-hetero) is 1. The second-order valence-electron chi connectivity index (χ2n) is 8.68. The number of rotatable bonds is 3. The Bertz CT molecular complexity index is 797. The van der Waals surface area contributed by atoms with Crippen molar-refractivity contribution < 1.29 is 14.4 Å². The maximum Gasteiger partial charge on any atom is 0.254 e. The van der Waals surface area contributed by atoms with Crippen LogP contribution in [-0.2, 0) is 11.2 Å². The van der Waals surface area contributed by atoms with Gasteiger partial charge in [0.05, 0.1) is 0 Å². The zero-order chi connectivity index (χ0) is 19.8. The number of hydrogen-bond acceptors (Lipinski definition) is 3. The monoisotopic (exact) mass is 382 g/mol. The first-order chi connectivity index (χ1) is 13.5. The van der Waals surface area contributed by atoms with Crippen LogP contribution < -0.4 is 0 Å². The van der Waals surface area contributed by atoms with Gasteiger partial charge in [0.25, 0.3) is 5.91 Å². The number of benzene rings is 1. The fourth-order valence-corrected chi connectivity index (χ4v) is 5.21. The number of ketones is 1. The molecule has 0 bridgehead atoms. The van der Waals surface area contributed by atoms with Crippen molar-refractivity contribution in [1.29, 1.82) is 0 Å². The van der Waals surface area contributed by atoms with Gasteiger partial charge >= 0.3 is 0 Å². The van der Waals surface area contributed by atoms with Crippen LogP contribution in [0.2, 0.25) is 0 Å². The lowest BCUT2D eigenvalue weighted by Gasteiger charge is -2.45. The first-order valence-corrected chi connectivity index (χ1v) is 10.7. The number of piperazine rings is 1. The maximum absolute atomic E-state index is 13.3. The second kappa shape index (κ2) is 7.69. The molecule has 0 spiro atoms. The van der Waals surface area contributed by atoms with Crippen molar-refractivity contribution in [2.24, 2.45) is 5.92 Å². The number of hydrogen-bond donors (Lipinski definition) is 0. The highest BCUT2D eigenvalue weighted by Gasteiger charge is 2.37. The predicted molar refractivity (Wildman–Crippen MR) is 107 cm³/mol. The summed E-state index contributed by atoms with van der Waals surface area (Å²) in [5, 5.41) is 0. The Balaban J connectivity index is 1.47. The average molecular weight is 383 g/mol. The van der Waals surface area contributed by atoms with Gasteiger partial charge in [0.1, 0.15) is 0 Å². The zero-order valence-electron chi connectivity index (χ0n) is 16.9. The maximum atomic E-state index is 13.3. The summed E-state index contributed by atoms with van der Waals surface area (Å²) in [4.78, 5) is 42.0. The Morgan fingerprint density at radius 3 is 2.43 bits per heavy atom. The molecule has 1 aliphatic heterocycles. The molecular formula is C23H30N2O3. The highest BCUT2D eigenvalue weighted by Crippen LogP contribution is 2.31. The van der Waals surface area contributed by atoms with Crippen LogP contribution in [0.25, 0.3) is 0 Å². The van der Waals surface area contributed by atoms with E-state index < -0.39 is 0 Å². The third-order valence-electron chi connectivity index (χ3n) is 7.09. The first kappa shape index (κ1) is 19.2. The van der Waals surface area contributed by atoms with Gasteiger partial charge in [-0.1, -0.05) is 25.0 Å². The molecule has 2 aliphatic carbocycles. The van der Waals surface area contributed by atoms with E-state index in [2.05, 4.69) is 6.92 Å². The fourth-order valence-electron chi connectivity index (χ4n) is 5.21. The lowest BCUT2D eigenvalue weighted by molar-refractivity contribution is -0.137. The van der Waals surface area contributed by atoms with E-state index in [9.17, 15) is 14.4 Å². The van der Waals surface area contributed by atoms with E-state index in [1.54, 1.807) is 0 Å². The van der Waals surface area contributed by atoms with E-state index in [0.717, 1.165) is 5.56 Å². The van der Waals surface area contributed by atoms with Crippen molar-refractivity contribution in [2.75, 3.05) is 13.1 Å². The van der Waals surface area contributed by atoms with Gasteiger partial charge in [-0.25, -0.2) is 0 Å². The summed E-state index contributed by atoms with van der Waals surface area (Å²) >= 11 is 0. The van der Waals surface area contributed by atoms with Crippen molar-refractivity contribution >= 4 is 17.6 Å². The molecule has 2 fully saturated rings. The SMILES string of the molecule is C[C@@H]1[C@@H](C)N(C(=O)c2cccc3c2CCC3=O)CCN1C(=O)CC1CCCC1. The molecule has 3 aliphatic rings. The van der Waals surface area contributed by atoms with Gasteiger partial charge in [0, 0.05) is 49.1 Å². The van der Waals surface area contributed by atoms with Gasteiger partial charge in [-0.05, 0) is 50.7 Å². The van der Waals surface area contributed by atoms with E-state index in [4.69, 9.17) is 0 Å². The van der Waals surface area contributed by atoms with Crippen LogP contribution in [0.3, 0.4) is 0 Å². The van der Waals surface area contributed by atoms with E-state index in [0.29, 0.717) is 49.4 Å². The number of nitrogens with zero attached hydrogens (tertiary/aromatic N) is 2. The highest BCUT2D eigenvalue weighted by atomic mass is 16.2. The minimum Gasteiger partial charge on any atom is -0.336 e. The minimum absolute atomic E-state index is 0.00463. The smallest absolute Gasteiger partial charge is 0.254 e. The van der Waals surface area contributed by atoms with Crippen molar-refractivity contribution in [2.45, 2.75) is 70.9 Å². The van der Waals surface area contributed by atoms with Gasteiger partial charge < -0.3 is 9.80 Å². The number of carbonyl (C=O) groups excluding carboxylic acids is 3. The molecule has 1 saturated heterocycles. The normalized spacial score (nSPS) is 25.3. The molecule has 0 unspecified atom stereocenters. The summed E-state index contributed by atoms with van der Waals surface area (Å²) in [6.45, 7) is 5.23. The molecule has 0 radical (unpaired) electrons. The average Bonchev–Trinajstić information content (AvgIpc) is 3.33. The molecule has 2 amide bonds. The Labute approximate surface area is 167 Å². The lowest BCUT2D eigenvalue weighted by atomic mass is 9.97. The largest absolute Gasteiger partial charge is 0.336 e. The van der Waals surface area contributed by atoms with Crippen molar-refractivity contribution in [1.82, 2.24) is 9.80 Å². The molecule has 1 heterocycles. The van der Waals surface area contributed by atoms with Crippen LogP contribution in [0.4, 0.5) is 0 Å². The molecule has 2 atom stereocenters. The summed E-state index contributed by atoms with van der Waals surface area (Å²) in [5.74, 6) is 0.908. The number of amides is 2. The quantitative estimate of drug-likeness (QED) is 0.804. The highest BCUT2D eigenvalue weighted by molar-refractivity contribution is 6.05. The molecule has 0 N–H and O–H groups in total. The summed E-state index contributed by atoms with van der Waals surface area (Å²) in [7, 11) is 0. The van der Waals surface area contributed by atoms with Crippen LogP contribution in [-0.4, -0.2) is 52.6 Å². The Morgan fingerprint density at radius 2 is 1.68 bits per heavy atom. The van der Waals surface area contributed by atoms with E-state index in [1.807, 2.05) is 34.9 Å². The van der Waals surface area contributed by atoms with E-state index in [-0.39, 0.29) is 29.7 Å². The predicted octanol–water partition coefficient (Wildman–Crippen LogP) is 3.46. The molecule has 1 saturated carbocycles. The third-order valence-corrected chi connectivity index (χ3v) is 7.09. The topological polar surface area (TPSA) is 57.7 Å². The molecule has 5 nitrogen and oxygen atoms in total. The molecular weight excluding hydrogens is 352 g/mol. The zero-order valence-corrected chi connectivity index (χ0v) is 16.9. The van der Waals surface area contributed by atoms with Crippen molar-refractivity contribution in [3.8, 4) is 0 Å². The van der Waals surface area contributed by atoms with Crippen LogP contribution in [0.15, 0.2) is 18.2 Å². The molecule has 4 rings (SSSR count). The van der Waals surface area contributed by atoms with E-state index in [1.165, 1.54) is 25.7 Å². The molecule has 1 aromatic carbocycles. The minimum atomic E-state index is -0.0401. The summed E-state index contributed by atoms with van der Waals surface area (Å²) in [6.07, 6.45) is 6.64. The Hall–Kier alpha value is -2.17. The van der Waals surface area contributed by atoms with Crippen LogP contribution >= 0.6 is 0 Å². The summed E-state index contributed by atoms with van der Waals surface area (Å²) < 4.78 is 0. The standard InChI is InChI=1S/C23H30N2O3/c1-15-16(2)25(13-12-24(15)22(27)14-17-6-3-4-7-17)23(28)20-9-5-8-19-18(20)10-11-21(19)26/h5,8-9,15-17H,3-4,6-7,10-14H2,1-2H3/t15-,16-/m1/s1. The summed E-state index contributed by atoms with van der Waals surface area (Å²) in [5.41, 5.74) is 2.27. The number of fused-ring (bicyclic) bond motifs is 1. The van der Waals surface area contributed by atoms with Gasteiger partial charge in [-0.15, -0.1) is 0 Å². The van der Waals surface area contributed by atoms with Gasteiger partial charge in [0.2, 0.25) is 5.91 Å². The first-order valence-electron chi connectivity index (χ1n) is 10.7. The molecule has 150 valence electrons. The van der Waals surface area contributed by atoms with Crippen LogP contribution in [0.5, 0.6) is 0 Å². The van der Waals surface area contributed by atoms with Crippen molar-refractivity contribution in [3.05, 3.63) is 34.9 Å². The fraction of sp³-hybridized carbons (Fsp3) is 0.609. The molecule has 28 heavy (non-hydrogen) atoms. The van der Waals surface area contributed by atoms with E-state index >= 15 is 0 Å². The van der Waals surface area contributed by atoms with Crippen LogP contribution in [0.1, 0.15) is 78.7 Å². The Kier molecular flexibility index (Phi) is 5.26. The number of carbonyl (C=O) groups is 3. The summed E-state index contributed by atoms with van der Waals surface area (Å²) in [6, 6.07) is 5.44. The van der Waals surface area contributed by atoms with Gasteiger partial charge in [0.15, 0.2) is 5.78 Å². The molecule has 5 heteroatoms. The van der Waals surface area contributed by atoms with Crippen molar-refractivity contribution in [3.63, 3.8) is 0 Å². The van der Waals surface area contributed by atoms with Crippen LogP contribution in [0, 0.1) is 5.92 Å². The second-order valence-corrected chi connectivity index (χ2v) is 8.68. The van der Waals surface area contributed by atoms with Gasteiger partial charge in [-0.2, -0.15) is 0 Å². The van der Waals surface area contributed by atoms with Gasteiger partial charge in [-0.3, -0.25) is 14.4 Å². The molecule has 1 aromatic rings. The molecule has 0 aromatic heterocycles. The third kappa shape index (κ3) is 3.36. The Morgan fingerprint density at radius 1 is 1.00 bits per heavy atom. The lowest BCUT2D eigenvalue weighted by Crippen LogP contribution is -2.60.